The Kier molecular flexibility index (Phi) is 8.26. The van der Waals surface area contributed by atoms with Gasteiger partial charge >= 0.3 is 5.97 Å². The van der Waals surface area contributed by atoms with Crippen LogP contribution in [0.15, 0.2) is 0 Å². The molecule has 0 fully saturated rings. The minimum Gasteiger partial charge on any atom is -0.440 e. The van der Waals surface area contributed by atoms with E-state index in [1.165, 1.54) is 0 Å². The maximum atomic E-state index is 13.0. The number of rotatable bonds is 11. The van der Waals surface area contributed by atoms with E-state index in [1.807, 2.05) is 0 Å². The van der Waals surface area contributed by atoms with Crippen LogP contribution in [0.1, 0.15) is 27.7 Å². The summed E-state index contributed by atoms with van der Waals surface area (Å²) < 4.78 is 4.64. The highest BCUT2D eigenvalue weighted by Crippen LogP contribution is 2.33. The summed E-state index contributed by atoms with van der Waals surface area (Å²) in [5.41, 5.74) is -6.48. The predicted octanol–water partition coefficient (Wildman–Crippen LogP) is -3.12. The lowest BCUT2D eigenvalue weighted by atomic mass is 9.67. The lowest BCUT2D eigenvalue weighted by Gasteiger charge is -2.39. The average molecular weight is 390 g/mol. The summed E-state index contributed by atoms with van der Waals surface area (Å²) in [6.45, 7) is 1.61. The van der Waals surface area contributed by atoms with Crippen molar-refractivity contribution in [1.82, 2.24) is 0 Å². The van der Waals surface area contributed by atoms with Gasteiger partial charge in [-0.1, -0.05) is 0 Å². The smallest absolute Gasteiger partial charge is 0.304 e. The second kappa shape index (κ2) is 9.04. The molecule has 0 aromatic rings. The maximum absolute atomic E-state index is 13.0. The third-order valence-corrected chi connectivity index (χ3v) is 4.13. The first-order valence-corrected chi connectivity index (χ1v) is 7.66. The highest BCUT2D eigenvalue weighted by molar-refractivity contribution is 6.38. The molecule has 0 bridgehead atoms. The molecule has 0 unspecified atom stereocenters. The van der Waals surface area contributed by atoms with E-state index in [9.17, 15) is 44.1 Å². The van der Waals surface area contributed by atoms with E-state index in [2.05, 4.69) is 4.74 Å². The number of aliphatic hydroxyl groups is 4. The largest absolute Gasteiger partial charge is 0.440 e. The van der Waals surface area contributed by atoms with Crippen molar-refractivity contribution in [2.75, 3.05) is 6.61 Å². The summed E-state index contributed by atoms with van der Waals surface area (Å²) in [5.74, 6) is -7.32. The van der Waals surface area contributed by atoms with Gasteiger partial charge in [-0.15, -0.1) is 0 Å². The van der Waals surface area contributed by atoms with Gasteiger partial charge in [0, 0.05) is 6.92 Å². The molecule has 0 aromatic heterocycles. The van der Waals surface area contributed by atoms with Crippen LogP contribution in [0.4, 0.5) is 0 Å². The Morgan fingerprint density at radius 2 is 1.37 bits per heavy atom. The molecule has 4 atom stereocenters. The van der Waals surface area contributed by atoms with Crippen molar-refractivity contribution in [2.24, 2.45) is 5.41 Å². The van der Waals surface area contributed by atoms with Crippen molar-refractivity contribution in [3.63, 3.8) is 0 Å². The summed E-state index contributed by atoms with van der Waals surface area (Å²) in [7, 11) is 0. The van der Waals surface area contributed by atoms with Crippen LogP contribution < -0.4 is 0 Å². The Hall–Kier alpha value is -2.34. The van der Waals surface area contributed by atoms with E-state index in [4.69, 9.17) is 5.11 Å². The van der Waals surface area contributed by atoms with Gasteiger partial charge in [0.25, 0.3) is 5.60 Å². The van der Waals surface area contributed by atoms with Crippen LogP contribution in [-0.4, -0.2) is 86.3 Å². The Morgan fingerprint density at radius 1 is 0.926 bits per heavy atom. The van der Waals surface area contributed by atoms with Crippen molar-refractivity contribution in [1.29, 1.82) is 0 Å². The van der Waals surface area contributed by atoms with E-state index >= 15 is 0 Å². The highest BCUT2D eigenvalue weighted by atomic mass is 16.6. The molecule has 27 heavy (non-hydrogen) atoms. The number of hydrogen-bond acceptors (Lipinski definition) is 11. The Morgan fingerprint density at radius 3 is 1.63 bits per heavy atom. The average Bonchev–Trinajstić information content (AvgIpc) is 2.57. The number of aliphatic hydroxyl groups excluding tert-OH is 4. The lowest BCUT2D eigenvalue weighted by Crippen LogP contribution is -2.69. The van der Waals surface area contributed by atoms with Gasteiger partial charge in [-0.25, -0.2) is 0 Å². The Labute approximate surface area is 153 Å². The molecular formula is C16H22O11. The molecule has 0 aliphatic heterocycles. The van der Waals surface area contributed by atoms with Gasteiger partial charge in [-0.2, -0.15) is 0 Å². The summed E-state index contributed by atoms with van der Waals surface area (Å²) in [5, 5.41) is 38.7. The molecule has 0 saturated heterocycles. The van der Waals surface area contributed by atoms with Gasteiger partial charge in [0.05, 0.1) is 6.61 Å². The summed E-state index contributed by atoms with van der Waals surface area (Å²) >= 11 is 0. The van der Waals surface area contributed by atoms with Crippen LogP contribution in [0.5, 0.6) is 0 Å². The first-order chi connectivity index (χ1) is 12.3. The highest BCUT2D eigenvalue weighted by Gasteiger charge is 2.65. The fraction of sp³-hybridized carbons (Fsp3) is 0.625. The van der Waals surface area contributed by atoms with Crippen molar-refractivity contribution in [2.45, 2.75) is 51.6 Å². The first kappa shape index (κ1) is 24.7. The molecule has 11 nitrogen and oxygen atoms in total. The summed E-state index contributed by atoms with van der Waals surface area (Å²) in [6.07, 6.45) is -7.60. The number of esters is 1. The molecule has 0 aliphatic rings. The number of Topliss-reactive ketones (excluding diaryl/α,β-unsaturated/α-hetero) is 4. The quantitative estimate of drug-likeness (QED) is 0.158. The summed E-state index contributed by atoms with van der Waals surface area (Å²) in [4.78, 5) is 72.3. The molecule has 0 aliphatic carbocycles. The Balaban J connectivity index is 6.92. The standard InChI is InChI=1S/C16H22O11/c1-7(19)15(6-18,8(2)20)14(26)16(9(3)21,27-10(4)22)13(25)12(24)11(23)5-17/h6,11-13,17,23-25H,5H2,1-4H3/t11-,12+,13+,16-/m1/s1. The summed E-state index contributed by atoms with van der Waals surface area (Å²) in [6, 6.07) is 0. The zero-order chi connectivity index (χ0) is 21.7. The third-order valence-electron chi connectivity index (χ3n) is 4.13. The van der Waals surface area contributed by atoms with Gasteiger partial charge in [-0.05, 0) is 20.8 Å². The number of hydrogen-bond donors (Lipinski definition) is 4. The monoisotopic (exact) mass is 390 g/mol. The molecule has 0 amide bonds. The second-order valence-electron chi connectivity index (χ2n) is 5.94. The third kappa shape index (κ3) is 4.16. The zero-order valence-electron chi connectivity index (χ0n) is 15.2. The van der Waals surface area contributed by atoms with Gasteiger partial charge in [-0.3, -0.25) is 24.0 Å². The molecule has 11 heteroatoms. The normalized spacial score (nSPS) is 17.0. The first-order valence-electron chi connectivity index (χ1n) is 7.66. The van der Waals surface area contributed by atoms with Crippen molar-refractivity contribution >= 4 is 35.4 Å². The topological polar surface area (TPSA) is 193 Å². The number of carbonyl (C=O) groups is 6. The number of ketones is 4. The SMILES string of the molecule is CC(=O)O[C@@](C(C)=O)(C(=O)C(C=O)(C(C)=O)C(C)=O)[C@@H](O)[C@@H](O)[C@H](O)CO. The number of aldehydes is 1. The lowest BCUT2D eigenvalue weighted by molar-refractivity contribution is -0.201. The molecule has 4 N–H and O–H groups in total. The molecule has 0 aromatic carbocycles. The molecule has 0 spiro atoms. The van der Waals surface area contributed by atoms with Crippen LogP contribution in [0.3, 0.4) is 0 Å². The van der Waals surface area contributed by atoms with Crippen LogP contribution in [0.25, 0.3) is 0 Å². The molecule has 152 valence electrons. The van der Waals surface area contributed by atoms with E-state index < -0.39 is 65.0 Å². The minimum absolute atomic E-state index is 0.358. The molecule has 0 radical (unpaired) electrons. The van der Waals surface area contributed by atoms with Crippen LogP contribution >= 0.6 is 0 Å². The maximum Gasteiger partial charge on any atom is 0.304 e. The van der Waals surface area contributed by atoms with Crippen molar-refractivity contribution < 1.29 is 53.9 Å². The fourth-order valence-corrected chi connectivity index (χ4v) is 2.55. The van der Waals surface area contributed by atoms with E-state index in [1.54, 1.807) is 0 Å². The van der Waals surface area contributed by atoms with Crippen LogP contribution in [-0.2, 0) is 33.5 Å². The Bertz CT molecular complexity index is 639. The van der Waals surface area contributed by atoms with Crippen molar-refractivity contribution in [3.8, 4) is 0 Å². The fourth-order valence-electron chi connectivity index (χ4n) is 2.55. The molecule has 0 heterocycles. The van der Waals surface area contributed by atoms with E-state index in [0.717, 1.165) is 6.92 Å². The molecule has 0 rings (SSSR count). The van der Waals surface area contributed by atoms with E-state index in [-0.39, 0.29) is 6.29 Å². The number of carbonyl (C=O) groups excluding carboxylic acids is 6. The predicted molar refractivity (Wildman–Crippen MR) is 85.2 cm³/mol. The minimum atomic E-state index is -3.38. The van der Waals surface area contributed by atoms with Gasteiger partial charge in [0.1, 0.15) is 24.6 Å². The van der Waals surface area contributed by atoms with Gasteiger partial charge in [0.15, 0.2) is 17.3 Å². The van der Waals surface area contributed by atoms with E-state index in [0.29, 0.717) is 20.8 Å². The number of ether oxygens (including phenoxy) is 1. The van der Waals surface area contributed by atoms with Crippen LogP contribution in [0.2, 0.25) is 0 Å². The zero-order valence-corrected chi connectivity index (χ0v) is 15.2. The molecular weight excluding hydrogens is 368 g/mol. The second-order valence-corrected chi connectivity index (χ2v) is 5.94. The van der Waals surface area contributed by atoms with Crippen LogP contribution in [0, 0.1) is 5.41 Å². The molecule has 0 saturated carbocycles. The van der Waals surface area contributed by atoms with Gasteiger partial charge in [0.2, 0.25) is 11.2 Å². The van der Waals surface area contributed by atoms with Crippen molar-refractivity contribution in [3.05, 3.63) is 0 Å². The van der Waals surface area contributed by atoms with Gasteiger partial charge < -0.3 is 30.0 Å².